The Morgan fingerprint density at radius 3 is 1.97 bits per heavy atom. The highest BCUT2D eigenvalue weighted by Crippen LogP contribution is 2.40. The van der Waals surface area contributed by atoms with Gasteiger partial charge in [0.2, 0.25) is 0 Å². The van der Waals surface area contributed by atoms with Crippen molar-refractivity contribution >= 4 is 24.2 Å². The topological polar surface area (TPSA) is 36.0 Å². The van der Waals surface area contributed by atoms with Gasteiger partial charge >= 0.3 is 30.7 Å². The van der Waals surface area contributed by atoms with Crippen LogP contribution in [-0.4, -0.2) is 73.6 Å². The molecule has 0 aliphatic carbocycles. The predicted octanol–water partition coefficient (Wildman–Crippen LogP) is 5.47. The molecule has 0 radical (unpaired) electrons. The third-order valence-corrected chi connectivity index (χ3v) is 5.79. The van der Waals surface area contributed by atoms with E-state index in [4.69, 9.17) is 0 Å². The van der Waals surface area contributed by atoms with Gasteiger partial charge < -0.3 is 14.5 Å². The Labute approximate surface area is 201 Å². The molecule has 1 unspecified atom stereocenters. The van der Waals surface area contributed by atoms with E-state index in [9.17, 15) is 44.3 Å². The van der Waals surface area contributed by atoms with Crippen LogP contribution in [0.4, 0.5) is 50.0 Å². The van der Waals surface area contributed by atoms with Crippen LogP contribution in [0.3, 0.4) is 0 Å². The van der Waals surface area contributed by atoms with Crippen molar-refractivity contribution in [3.05, 3.63) is 29.3 Å². The number of benzene rings is 1. The van der Waals surface area contributed by atoms with Crippen molar-refractivity contribution in [3.8, 4) is 0 Å². The molecule has 0 aromatic heterocycles. The highest BCUT2D eigenvalue weighted by atomic mass is 35.5. The van der Waals surface area contributed by atoms with Crippen LogP contribution in [0.2, 0.25) is 0 Å². The van der Waals surface area contributed by atoms with Crippen molar-refractivity contribution in [2.24, 2.45) is 0 Å². The molecule has 2 saturated heterocycles. The van der Waals surface area contributed by atoms with Crippen LogP contribution in [0.15, 0.2) is 18.2 Å². The lowest BCUT2D eigenvalue weighted by atomic mass is 10.1. The predicted molar refractivity (Wildman–Crippen MR) is 109 cm³/mol. The number of alkyl halides is 9. The zero-order valence-corrected chi connectivity index (χ0v) is 19.0. The summed E-state index contributed by atoms with van der Waals surface area (Å²) in [5.74, 6) is -5.42. The lowest BCUT2D eigenvalue weighted by Gasteiger charge is -2.36. The van der Waals surface area contributed by atoms with Crippen LogP contribution in [0.25, 0.3) is 0 Å². The molecule has 1 atom stereocenters. The summed E-state index contributed by atoms with van der Waals surface area (Å²) in [5.41, 5.74) is 0.242. The maximum atomic E-state index is 13.7. The number of carbonyl (C=O) groups is 1. The van der Waals surface area contributed by atoms with E-state index in [1.54, 1.807) is 4.90 Å². The van der Waals surface area contributed by atoms with Crippen molar-refractivity contribution in [2.75, 3.05) is 44.2 Å². The van der Waals surface area contributed by atoms with Gasteiger partial charge in [0.1, 0.15) is 0 Å². The summed E-state index contributed by atoms with van der Waals surface area (Å²) in [6, 6.07) is 3.40. The SMILES string of the molecule is Cl.O=C(OC(F)(C(F)F)C(F)(F)F)N1CCN(Cc2ccc(C(F)(F)F)cc2N2CCCC2)CC1. The standard InChI is InChI=1S/C20H22F9N3O2.ClH/c21-16(22)18(23,20(27,28)29)34-17(33)32-9-7-30(8-10-32)12-13-3-4-14(19(24,25)26)11-15(13)31-5-1-2-6-31;/h3-4,11,16H,1-2,5-10,12H2;1H. The molecule has 1 amide bonds. The molecule has 0 N–H and O–H groups in total. The van der Waals surface area contributed by atoms with E-state index in [0.29, 0.717) is 29.2 Å². The van der Waals surface area contributed by atoms with Crippen molar-refractivity contribution < 1.29 is 49.0 Å². The molecule has 0 bridgehead atoms. The molecular formula is C20H23ClF9N3O2. The number of halogens is 10. The van der Waals surface area contributed by atoms with Gasteiger partial charge in [-0.2, -0.15) is 30.7 Å². The number of hydrogen-bond acceptors (Lipinski definition) is 4. The van der Waals surface area contributed by atoms with Gasteiger partial charge in [-0.15, -0.1) is 12.4 Å². The average Bonchev–Trinajstić information content (AvgIpc) is 3.27. The highest BCUT2D eigenvalue weighted by Gasteiger charge is 2.67. The molecule has 2 aliphatic rings. The maximum Gasteiger partial charge on any atom is 0.466 e. The number of ether oxygens (including phenoxy) is 1. The quantitative estimate of drug-likeness (QED) is 0.461. The highest BCUT2D eigenvalue weighted by molar-refractivity contribution is 5.85. The first-order valence-corrected chi connectivity index (χ1v) is 10.4. The lowest BCUT2D eigenvalue weighted by Crippen LogP contribution is -2.55. The molecule has 35 heavy (non-hydrogen) atoms. The Balaban J connectivity index is 0.00000432. The number of piperazine rings is 1. The van der Waals surface area contributed by atoms with Gasteiger partial charge in [0.15, 0.2) is 0 Å². The van der Waals surface area contributed by atoms with Gasteiger partial charge in [-0.25, -0.2) is 13.6 Å². The first-order valence-electron chi connectivity index (χ1n) is 10.4. The summed E-state index contributed by atoms with van der Waals surface area (Å²) in [5, 5.41) is 0. The molecule has 3 rings (SSSR count). The van der Waals surface area contributed by atoms with Gasteiger partial charge in [-0.1, -0.05) is 6.07 Å². The Morgan fingerprint density at radius 1 is 0.914 bits per heavy atom. The summed E-state index contributed by atoms with van der Waals surface area (Å²) in [7, 11) is 0. The molecule has 0 saturated carbocycles. The maximum absolute atomic E-state index is 13.7. The van der Waals surface area contributed by atoms with Crippen LogP contribution in [0.1, 0.15) is 24.0 Å². The molecule has 2 aliphatic heterocycles. The number of anilines is 1. The van der Waals surface area contributed by atoms with E-state index in [0.717, 1.165) is 25.0 Å². The number of carbonyl (C=O) groups excluding carboxylic acids is 1. The van der Waals surface area contributed by atoms with Crippen LogP contribution in [0.5, 0.6) is 0 Å². The molecule has 15 heteroatoms. The van der Waals surface area contributed by atoms with Gasteiger partial charge in [0, 0.05) is 51.5 Å². The Hall–Kier alpha value is -2.09. The third kappa shape index (κ3) is 6.57. The molecule has 1 aromatic rings. The summed E-state index contributed by atoms with van der Waals surface area (Å²) in [6.07, 6.45) is -15.5. The van der Waals surface area contributed by atoms with E-state index in [2.05, 4.69) is 4.74 Å². The van der Waals surface area contributed by atoms with E-state index in [1.165, 1.54) is 6.07 Å². The molecule has 5 nitrogen and oxygen atoms in total. The van der Waals surface area contributed by atoms with E-state index in [1.807, 2.05) is 4.90 Å². The smallest absolute Gasteiger partial charge is 0.398 e. The molecule has 0 spiro atoms. The number of hydrogen-bond donors (Lipinski definition) is 0. The first-order chi connectivity index (χ1) is 15.7. The fourth-order valence-corrected chi connectivity index (χ4v) is 3.87. The molecule has 200 valence electrons. The Morgan fingerprint density at radius 2 is 1.49 bits per heavy atom. The lowest BCUT2D eigenvalue weighted by molar-refractivity contribution is -0.351. The van der Waals surface area contributed by atoms with E-state index in [-0.39, 0.29) is 45.1 Å². The Kier molecular flexibility index (Phi) is 9.07. The molecule has 2 heterocycles. The second-order valence-corrected chi connectivity index (χ2v) is 8.11. The monoisotopic (exact) mass is 543 g/mol. The average molecular weight is 544 g/mol. The largest absolute Gasteiger partial charge is 0.466 e. The fourth-order valence-electron chi connectivity index (χ4n) is 3.87. The normalized spacial score (nSPS) is 19.5. The van der Waals surface area contributed by atoms with Gasteiger partial charge in [-0.3, -0.25) is 4.90 Å². The van der Waals surface area contributed by atoms with Crippen molar-refractivity contribution in [3.63, 3.8) is 0 Å². The van der Waals surface area contributed by atoms with E-state index >= 15 is 0 Å². The molecule has 1 aromatic carbocycles. The zero-order chi connectivity index (χ0) is 25.3. The number of rotatable bonds is 5. The summed E-state index contributed by atoms with van der Waals surface area (Å²) in [4.78, 5) is 16.2. The van der Waals surface area contributed by atoms with Crippen molar-refractivity contribution in [1.82, 2.24) is 9.80 Å². The number of amides is 1. The van der Waals surface area contributed by atoms with Crippen molar-refractivity contribution in [1.29, 1.82) is 0 Å². The second-order valence-electron chi connectivity index (χ2n) is 8.11. The third-order valence-electron chi connectivity index (χ3n) is 5.79. The summed E-state index contributed by atoms with van der Waals surface area (Å²) >= 11 is 0. The van der Waals surface area contributed by atoms with Gasteiger partial charge in [-0.05, 0) is 30.5 Å². The summed E-state index contributed by atoms with van der Waals surface area (Å²) < 4.78 is 120. The van der Waals surface area contributed by atoms with Crippen LogP contribution < -0.4 is 4.90 Å². The Bertz CT molecular complexity index is 870. The van der Waals surface area contributed by atoms with Gasteiger partial charge in [0.05, 0.1) is 5.56 Å². The minimum atomic E-state index is -6.12. The molecular weight excluding hydrogens is 521 g/mol. The van der Waals surface area contributed by atoms with Crippen molar-refractivity contribution in [2.45, 2.75) is 44.0 Å². The van der Waals surface area contributed by atoms with Gasteiger partial charge in [0.25, 0.3) is 0 Å². The van der Waals surface area contributed by atoms with Crippen LogP contribution >= 0.6 is 12.4 Å². The molecule has 2 fully saturated rings. The fraction of sp³-hybridized carbons (Fsp3) is 0.650. The van der Waals surface area contributed by atoms with E-state index < -0.39 is 36.3 Å². The first kappa shape index (κ1) is 29.1. The zero-order valence-electron chi connectivity index (χ0n) is 18.1. The minimum absolute atomic E-state index is 0. The minimum Gasteiger partial charge on any atom is -0.398 e. The van der Waals surface area contributed by atoms with Crippen LogP contribution in [0, 0.1) is 0 Å². The second kappa shape index (κ2) is 10.9. The number of nitrogens with zero attached hydrogens (tertiary/aromatic N) is 3. The summed E-state index contributed by atoms with van der Waals surface area (Å²) in [6.45, 7) is 1.04. The van der Waals surface area contributed by atoms with Crippen LogP contribution in [-0.2, 0) is 17.5 Å².